The molecule has 0 fully saturated rings. The van der Waals surface area contributed by atoms with Crippen LogP contribution in [0.5, 0.6) is 0 Å². The number of rotatable bonds is 9. The highest BCUT2D eigenvalue weighted by Crippen LogP contribution is 1.97. The fraction of sp³-hybridized carbons (Fsp3) is 0.500. The molecule has 18 heavy (non-hydrogen) atoms. The third-order valence-electron chi connectivity index (χ3n) is 2.46. The molecule has 1 aromatic carbocycles. The van der Waals surface area contributed by atoms with Crippen LogP contribution < -0.4 is 5.32 Å². The van der Waals surface area contributed by atoms with Crippen LogP contribution in [0.4, 0.5) is 0 Å². The summed E-state index contributed by atoms with van der Waals surface area (Å²) in [5, 5.41) is 3.32. The van der Waals surface area contributed by atoms with Gasteiger partial charge in [-0.1, -0.05) is 30.3 Å². The molecule has 0 bridgehead atoms. The van der Waals surface area contributed by atoms with Gasteiger partial charge in [0.05, 0.1) is 6.61 Å². The molecule has 0 heterocycles. The zero-order valence-corrected chi connectivity index (χ0v) is 10.9. The maximum Gasteiger partial charge on any atom is 0.332 e. The van der Waals surface area contributed by atoms with Crippen molar-refractivity contribution in [1.29, 1.82) is 0 Å². The molecule has 0 unspecified atom stereocenters. The van der Waals surface area contributed by atoms with E-state index >= 15 is 0 Å². The molecule has 0 spiro atoms. The molecule has 0 amide bonds. The number of ether oxygens (including phenoxy) is 2. The van der Waals surface area contributed by atoms with Crippen LogP contribution in [-0.2, 0) is 20.7 Å². The highest BCUT2D eigenvalue weighted by atomic mass is 16.6. The van der Waals surface area contributed by atoms with Crippen LogP contribution in [0.3, 0.4) is 0 Å². The van der Waals surface area contributed by atoms with Crippen molar-refractivity contribution in [3.05, 3.63) is 35.9 Å². The predicted octanol–water partition coefficient (Wildman–Crippen LogP) is 1.40. The maximum absolute atomic E-state index is 10.9. The molecule has 0 aliphatic rings. The zero-order valence-electron chi connectivity index (χ0n) is 10.9. The first-order valence-electron chi connectivity index (χ1n) is 6.22. The summed E-state index contributed by atoms with van der Waals surface area (Å²) >= 11 is 0. The first kappa shape index (κ1) is 14.7. The van der Waals surface area contributed by atoms with Crippen molar-refractivity contribution >= 4 is 5.97 Å². The minimum absolute atomic E-state index is 0.0292. The molecular weight excluding hydrogens is 230 g/mol. The van der Waals surface area contributed by atoms with E-state index < -0.39 is 0 Å². The number of nitrogens with one attached hydrogen (secondary N) is 1. The third-order valence-corrected chi connectivity index (χ3v) is 2.46. The SMILES string of the molecule is COCC(=O)OCCCNCCc1ccccc1. The fourth-order valence-corrected chi connectivity index (χ4v) is 1.55. The van der Waals surface area contributed by atoms with Crippen molar-refractivity contribution in [1.82, 2.24) is 5.32 Å². The first-order valence-corrected chi connectivity index (χ1v) is 6.22. The average molecular weight is 251 g/mol. The second-order valence-electron chi connectivity index (χ2n) is 3.99. The van der Waals surface area contributed by atoms with Gasteiger partial charge < -0.3 is 14.8 Å². The van der Waals surface area contributed by atoms with E-state index in [1.54, 1.807) is 0 Å². The molecule has 4 nitrogen and oxygen atoms in total. The zero-order chi connectivity index (χ0) is 13.1. The summed E-state index contributed by atoms with van der Waals surface area (Å²) in [5.41, 5.74) is 1.33. The Kier molecular flexibility index (Phi) is 7.84. The Balaban J connectivity index is 1.92. The lowest BCUT2D eigenvalue weighted by Crippen LogP contribution is -2.21. The summed E-state index contributed by atoms with van der Waals surface area (Å²) in [7, 11) is 1.48. The number of esters is 1. The van der Waals surface area contributed by atoms with Crippen LogP contribution in [0.25, 0.3) is 0 Å². The molecule has 0 saturated heterocycles. The predicted molar refractivity (Wildman–Crippen MR) is 70.5 cm³/mol. The van der Waals surface area contributed by atoms with Gasteiger partial charge in [0.25, 0.3) is 0 Å². The number of carbonyl (C=O) groups excluding carboxylic acids is 1. The second-order valence-corrected chi connectivity index (χ2v) is 3.99. The molecule has 0 aliphatic heterocycles. The Morgan fingerprint density at radius 3 is 2.72 bits per heavy atom. The number of benzene rings is 1. The van der Waals surface area contributed by atoms with Crippen LogP contribution in [0.15, 0.2) is 30.3 Å². The van der Waals surface area contributed by atoms with Gasteiger partial charge in [-0.3, -0.25) is 0 Å². The van der Waals surface area contributed by atoms with Crippen molar-refractivity contribution in [3.63, 3.8) is 0 Å². The van der Waals surface area contributed by atoms with Crippen LogP contribution in [-0.4, -0.2) is 39.4 Å². The second kappa shape index (κ2) is 9.62. The maximum atomic E-state index is 10.9. The van der Waals surface area contributed by atoms with Gasteiger partial charge >= 0.3 is 5.97 Å². The molecule has 0 aliphatic carbocycles. The van der Waals surface area contributed by atoms with Crippen molar-refractivity contribution in [3.8, 4) is 0 Å². The lowest BCUT2D eigenvalue weighted by Gasteiger charge is -2.06. The Morgan fingerprint density at radius 2 is 2.00 bits per heavy atom. The number of hydrogen-bond donors (Lipinski definition) is 1. The topological polar surface area (TPSA) is 47.6 Å². The molecule has 1 aromatic rings. The van der Waals surface area contributed by atoms with E-state index in [4.69, 9.17) is 4.74 Å². The van der Waals surface area contributed by atoms with Gasteiger partial charge in [-0.05, 0) is 31.5 Å². The normalized spacial score (nSPS) is 10.3. The van der Waals surface area contributed by atoms with Gasteiger partial charge in [-0.15, -0.1) is 0 Å². The van der Waals surface area contributed by atoms with Crippen molar-refractivity contribution in [2.24, 2.45) is 0 Å². The smallest absolute Gasteiger partial charge is 0.332 e. The van der Waals surface area contributed by atoms with E-state index in [1.807, 2.05) is 18.2 Å². The van der Waals surface area contributed by atoms with E-state index in [2.05, 4.69) is 22.2 Å². The minimum atomic E-state index is -0.304. The monoisotopic (exact) mass is 251 g/mol. The summed E-state index contributed by atoms with van der Waals surface area (Å²) in [4.78, 5) is 10.9. The van der Waals surface area contributed by atoms with Gasteiger partial charge in [0.1, 0.15) is 6.61 Å². The van der Waals surface area contributed by atoms with E-state index in [9.17, 15) is 4.79 Å². The van der Waals surface area contributed by atoms with Gasteiger partial charge in [-0.2, -0.15) is 0 Å². The number of hydrogen-bond acceptors (Lipinski definition) is 4. The molecule has 0 saturated carbocycles. The van der Waals surface area contributed by atoms with Gasteiger partial charge in [-0.25, -0.2) is 4.79 Å². The van der Waals surface area contributed by atoms with E-state index in [-0.39, 0.29) is 12.6 Å². The van der Waals surface area contributed by atoms with Crippen molar-refractivity contribution in [2.75, 3.05) is 33.4 Å². The quantitative estimate of drug-likeness (QED) is 0.532. The van der Waals surface area contributed by atoms with E-state index in [0.717, 1.165) is 25.9 Å². The van der Waals surface area contributed by atoms with Crippen LogP contribution in [0.1, 0.15) is 12.0 Å². The number of carbonyl (C=O) groups is 1. The summed E-state index contributed by atoms with van der Waals surface area (Å²) in [6.45, 7) is 2.27. The van der Waals surface area contributed by atoms with Crippen molar-refractivity contribution in [2.45, 2.75) is 12.8 Å². The van der Waals surface area contributed by atoms with E-state index in [1.165, 1.54) is 12.7 Å². The summed E-state index contributed by atoms with van der Waals surface area (Å²) < 4.78 is 9.60. The molecule has 1 N–H and O–H groups in total. The van der Waals surface area contributed by atoms with Gasteiger partial charge in [0, 0.05) is 7.11 Å². The fourth-order valence-electron chi connectivity index (χ4n) is 1.55. The highest BCUT2D eigenvalue weighted by Gasteiger charge is 1.99. The lowest BCUT2D eigenvalue weighted by atomic mass is 10.1. The van der Waals surface area contributed by atoms with Gasteiger partial charge in [0.15, 0.2) is 0 Å². The summed E-state index contributed by atoms with van der Waals surface area (Å²) in [5.74, 6) is -0.304. The molecule has 1 rings (SSSR count). The molecule has 0 radical (unpaired) electrons. The standard InChI is InChI=1S/C14H21NO3/c1-17-12-14(16)18-11-5-9-15-10-8-13-6-3-2-4-7-13/h2-4,6-7,15H,5,8-12H2,1H3. The summed E-state index contributed by atoms with van der Waals surface area (Å²) in [6, 6.07) is 10.4. The highest BCUT2D eigenvalue weighted by molar-refractivity contribution is 5.70. The largest absolute Gasteiger partial charge is 0.464 e. The lowest BCUT2D eigenvalue weighted by molar-refractivity contribution is -0.147. The van der Waals surface area contributed by atoms with E-state index in [0.29, 0.717) is 6.61 Å². The van der Waals surface area contributed by atoms with Crippen LogP contribution in [0, 0.1) is 0 Å². The number of methoxy groups -OCH3 is 1. The Hall–Kier alpha value is -1.39. The Morgan fingerprint density at radius 1 is 1.22 bits per heavy atom. The molecule has 0 aromatic heterocycles. The molecule has 4 heteroatoms. The summed E-state index contributed by atoms with van der Waals surface area (Å²) in [6.07, 6.45) is 1.84. The van der Waals surface area contributed by atoms with Crippen LogP contribution in [0.2, 0.25) is 0 Å². The Labute approximate surface area is 108 Å². The molecule has 100 valence electrons. The molecule has 0 atom stereocenters. The minimum Gasteiger partial charge on any atom is -0.464 e. The Bertz CT molecular complexity index is 327. The third kappa shape index (κ3) is 7.04. The first-order chi connectivity index (χ1) is 8.83. The van der Waals surface area contributed by atoms with Crippen LogP contribution >= 0.6 is 0 Å². The molecular formula is C14H21NO3. The van der Waals surface area contributed by atoms with Gasteiger partial charge in [0.2, 0.25) is 0 Å². The average Bonchev–Trinajstić information content (AvgIpc) is 2.39. The van der Waals surface area contributed by atoms with Crippen molar-refractivity contribution < 1.29 is 14.3 Å².